The van der Waals surface area contributed by atoms with Gasteiger partial charge in [-0.25, -0.2) is 8.42 Å². The first kappa shape index (κ1) is 13.7. The molecular weight excluding hydrogens is 246 g/mol. The molecule has 0 spiro atoms. The van der Waals surface area contributed by atoms with Crippen LogP contribution in [-0.4, -0.2) is 37.8 Å². The molecule has 1 aromatic rings. The summed E-state index contributed by atoms with van der Waals surface area (Å²) in [5, 5.41) is 3.93. The van der Waals surface area contributed by atoms with Crippen LogP contribution in [0.2, 0.25) is 0 Å². The van der Waals surface area contributed by atoms with Crippen LogP contribution in [0.3, 0.4) is 0 Å². The van der Waals surface area contributed by atoms with Gasteiger partial charge in [0.1, 0.15) is 11.4 Å². The third-order valence-corrected chi connectivity index (χ3v) is 3.79. The van der Waals surface area contributed by atoms with Crippen molar-refractivity contribution in [2.45, 2.75) is 25.3 Å². The van der Waals surface area contributed by atoms with Gasteiger partial charge in [0.15, 0.2) is 0 Å². The number of esters is 1. The van der Waals surface area contributed by atoms with Crippen LogP contribution < -0.4 is 4.72 Å². The molecule has 0 radical (unpaired) electrons. The monoisotopic (exact) mass is 261 g/mol. The van der Waals surface area contributed by atoms with Crippen molar-refractivity contribution in [3.63, 3.8) is 0 Å². The van der Waals surface area contributed by atoms with Crippen molar-refractivity contribution in [1.82, 2.24) is 14.5 Å². The van der Waals surface area contributed by atoms with Crippen LogP contribution in [0.25, 0.3) is 0 Å². The van der Waals surface area contributed by atoms with E-state index in [9.17, 15) is 13.2 Å². The van der Waals surface area contributed by atoms with E-state index >= 15 is 0 Å². The van der Waals surface area contributed by atoms with E-state index in [4.69, 9.17) is 0 Å². The second kappa shape index (κ2) is 5.28. The van der Waals surface area contributed by atoms with Gasteiger partial charge < -0.3 is 4.74 Å². The van der Waals surface area contributed by atoms with Crippen LogP contribution in [0.5, 0.6) is 0 Å². The lowest BCUT2D eigenvalue weighted by atomic mass is 10.5. The van der Waals surface area contributed by atoms with Crippen molar-refractivity contribution in [1.29, 1.82) is 0 Å². The van der Waals surface area contributed by atoms with Crippen LogP contribution in [-0.2, 0) is 26.1 Å². The first-order valence-corrected chi connectivity index (χ1v) is 6.49. The van der Waals surface area contributed by atoms with E-state index in [0.29, 0.717) is 12.2 Å². The highest BCUT2D eigenvalue weighted by molar-refractivity contribution is 7.89. The Morgan fingerprint density at radius 2 is 2.24 bits per heavy atom. The molecule has 17 heavy (non-hydrogen) atoms. The summed E-state index contributed by atoms with van der Waals surface area (Å²) in [6.45, 7) is 3.70. The van der Waals surface area contributed by atoms with Gasteiger partial charge in [-0.2, -0.15) is 9.82 Å². The maximum Gasteiger partial charge on any atom is 0.320 e. The molecule has 0 amide bonds. The fourth-order valence-electron chi connectivity index (χ4n) is 1.32. The van der Waals surface area contributed by atoms with Gasteiger partial charge >= 0.3 is 5.97 Å². The van der Waals surface area contributed by atoms with E-state index in [1.807, 2.05) is 6.92 Å². The summed E-state index contributed by atoms with van der Waals surface area (Å²) in [4.78, 5) is 10.9. The minimum Gasteiger partial charge on any atom is -0.468 e. The summed E-state index contributed by atoms with van der Waals surface area (Å²) < 4.78 is 31.7. The molecule has 1 heterocycles. The number of ether oxygens (including phenoxy) is 1. The predicted octanol–water partition coefficient (Wildman–Crippen LogP) is -0.337. The van der Waals surface area contributed by atoms with Crippen LogP contribution in [0.15, 0.2) is 11.1 Å². The highest BCUT2D eigenvalue weighted by Crippen LogP contribution is 2.13. The average Bonchev–Trinajstić information content (AvgIpc) is 2.68. The molecule has 1 N–H and O–H groups in total. The average molecular weight is 261 g/mol. The number of carbonyl (C=O) groups is 1. The van der Waals surface area contributed by atoms with Crippen molar-refractivity contribution < 1.29 is 17.9 Å². The molecule has 0 aliphatic rings. The smallest absolute Gasteiger partial charge is 0.320 e. The molecule has 96 valence electrons. The third kappa shape index (κ3) is 3.04. The Labute approximate surface area is 99.8 Å². The Kier molecular flexibility index (Phi) is 4.24. The van der Waals surface area contributed by atoms with Gasteiger partial charge in [0.2, 0.25) is 10.0 Å². The highest BCUT2D eigenvalue weighted by atomic mass is 32.2. The number of hydrogen-bond donors (Lipinski definition) is 1. The Morgan fingerprint density at radius 3 is 2.71 bits per heavy atom. The number of rotatable bonds is 5. The van der Waals surface area contributed by atoms with Gasteiger partial charge in [-0.1, -0.05) is 0 Å². The van der Waals surface area contributed by atoms with Gasteiger partial charge in [-0.05, 0) is 13.8 Å². The molecule has 0 saturated carbocycles. The molecule has 0 bridgehead atoms. The molecule has 0 saturated heterocycles. The molecular formula is C9H15N3O4S. The van der Waals surface area contributed by atoms with Crippen LogP contribution in [0, 0.1) is 6.92 Å². The van der Waals surface area contributed by atoms with Crippen LogP contribution in [0.4, 0.5) is 0 Å². The first-order chi connectivity index (χ1) is 7.92. The summed E-state index contributed by atoms with van der Waals surface area (Å²) in [7, 11) is -2.53. The molecule has 7 nitrogen and oxygen atoms in total. The Balaban J connectivity index is 2.90. The van der Waals surface area contributed by atoms with Crippen LogP contribution in [0.1, 0.15) is 12.6 Å². The zero-order valence-corrected chi connectivity index (χ0v) is 10.7. The van der Waals surface area contributed by atoms with Gasteiger partial charge in [0.05, 0.1) is 19.0 Å². The summed E-state index contributed by atoms with van der Waals surface area (Å²) >= 11 is 0. The number of carbonyl (C=O) groups excluding carboxylic acids is 1. The van der Waals surface area contributed by atoms with Crippen molar-refractivity contribution in [2.24, 2.45) is 0 Å². The molecule has 0 aromatic carbocycles. The molecule has 0 atom stereocenters. The molecule has 0 fully saturated rings. The van der Waals surface area contributed by atoms with Crippen molar-refractivity contribution in [2.75, 3.05) is 13.7 Å². The Bertz CT molecular complexity index is 506. The quantitative estimate of drug-likeness (QED) is 0.732. The second-order valence-corrected chi connectivity index (χ2v) is 5.05. The van der Waals surface area contributed by atoms with Gasteiger partial charge in [-0.3, -0.25) is 9.48 Å². The number of nitrogens with zero attached hydrogens (tertiary/aromatic N) is 2. The zero-order valence-electron chi connectivity index (χ0n) is 9.93. The summed E-state index contributed by atoms with van der Waals surface area (Å²) in [6, 6.07) is 0. The number of aromatic nitrogens is 2. The molecule has 0 unspecified atom stereocenters. The lowest BCUT2D eigenvalue weighted by molar-refractivity contribution is -0.139. The normalized spacial score (nSPS) is 11.5. The van der Waals surface area contributed by atoms with Gasteiger partial charge in [0, 0.05) is 6.54 Å². The zero-order chi connectivity index (χ0) is 13.1. The van der Waals surface area contributed by atoms with E-state index in [2.05, 4.69) is 14.6 Å². The fourth-order valence-corrected chi connectivity index (χ4v) is 2.46. The van der Waals surface area contributed by atoms with E-state index < -0.39 is 22.5 Å². The topological polar surface area (TPSA) is 90.3 Å². The molecule has 0 aliphatic heterocycles. The van der Waals surface area contributed by atoms with E-state index in [1.54, 1.807) is 11.6 Å². The van der Waals surface area contributed by atoms with Crippen molar-refractivity contribution in [3.8, 4) is 0 Å². The number of methoxy groups -OCH3 is 1. The number of aryl methyl sites for hydroxylation is 1. The third-order valence-electron chi connectivity index (χ3n) is 2.28. The molecule has 1 rings (SSSR count). The van der Waals surface area contributed by atoms with E-state index in [-0.39, 0.29) is 4.90 Å². The largest absolute Gasteiger partial charge is 0.468 e. The Morgan fingerprint density at radius 1 is 1.59 bits per heavy atom. The number of nitrogens with one attached hydrogen (secondary N) is 1. The predicted molar refractivity (Wildman–Crippen MR) is 59.8 cm³/mol. The fraction of sp³-hybridized carbons (Fsp3) is 0.556. The van der Waals surface area contributed by atoms with Crippen LogP contribution >= 0.6 is 0 Å². The molecule has 0 aliphatic carbocycles. The van der Waals surface area contributed by atoms with Crippen molar-refractivity contribution in [3.05, 3.63) is 11.9 Å². The van der Waals surface area contributed by atoms with E-state index in [1.165, 1.54) is 13.3 Å². The SMILES string of the molecule is CCn1ncc(S(=O)(=O)NCC(=O)OC)c1C. The lowest BCUT2D eigenvalue weighted by Gasteiger charge is -2.05. The molecule has 1 aromatic heterocycles. The maximum atomic E-state index is 11.8. The summed E-state index contributed by atoms with van der Waals surface area (Å²) in [5.41, 5.74) is 0.532. The standard InChI is InChI=1S/C9H15N3O4S/c1-4-12-7(2)8(5-10-12)17(14,15)11-6-9(13)16-3/h5,11H,4,6H2,1-3H3. The summed E-state index contributed by atoms with van der Waals surface area (Å²) in [6.07, 6.45) is 1.26. The number of sulfonamides is 1. The minimum atomic E-state index is -3.72. The Hall–Kier alpha value is -1.41. The summed E-state index contributed by atoms with van der Waals surface area (Å²) in [5.74, 6) is -0.644. The maximum absolute atomic E-state index is 11.8. The van der Waals surface area contributed by atoms with E-state index in [0.717, 1.165) is 0 Å². The second-order valence-electron chi connectivity index (χ2n) is 3.31. The van der Waals surface area contributed by atoms with Crippen molar-refractivity contribution >= 4 is 16.0 Å². The lowest BCUT2D eigenvalue weighted by Crippen LogP contribution is -2.30. The van der Waals surface area contributed by atoms with Gasteiger partial charge in [0.25, 0.3) is 0 Å². The van der Waals surface area contributed by atoms with Gasteiger partial charge in [-0.15, -0.1) is 0 Å². The number of hydrogen-bond acceptors (Lipinski definition) is 5. The molecule has 8 heteroatoms. The minimum absolute atomic E-state index is 0.0725. The highest BCUT2D eigenvalue weighted by Gasteiger charge is 2.21. The first-order valence-electron chi connectivity index (χ1n) is 5.01.